The monoisotopic (exact) mass is 493 g/mol. The minimum atomic E-state index is -3.94. The second kappa shape index (κ2) is 10.3. The lowest BCUT2D eigenvalue weighted by Crippen LogP contribution is -2.35. The lowest BCUT2D eigenvalue weighted by Gasteiger charge is -2.11. The van der Waals surface area contributed by atoms with E-state index in [1.54, 1.807) is 0 Å². The van der Waals surface area contributed by atoms with Gasteiger partial charge in [-0.3, -0.25) is 9.52 Å². The summed E-state index contributed by atoms with van der Waals surface area (Å²) >= 11 is 6.62. The Morgan fingerprint density at radius 3 is 2.50 bits per heavy atom. The molecule has 0 bridgehead atoms. The van der Waals surface area contributed by atoms with E-state index >= 15 is 0 Å². The predicted molar refractivity (Wildman–Crippen MR) is 125 cm³/mol. The van der Waals surface area contributed by atoms with E-state index in [2.05, 4.69) is 25.3 Å². The lowest BCUT2D eigenvalue weighted by atomic mass is 10.3. The SMILES string of the molecule is COc1cc(NS(=O)(=O)c2ccc(NC(=S)NC(=O)Cc3cccs3)cc2)nc(OC)n1. The summed E-state index contributed by atoms with van der Waals surface area (Å²) in [5, 5.41) is 7.43. The lowest BCUT2D eigenvalue weighted by molar-refractivity contribution is -0.118. The minimum Gasteiger partial charge on any atom is -0.481 e. The molecule has 0 unspecified atom stereocenters. The van der Waals surface area contributed by atoms with E-state index in [1.165, 1.54) is 55.9 Å². The van der Waals surface area contributed by atoms with Crippen molar-refractivity contribution in [3.05, 3.63) is 52.7 Å². The Morgan fingerprint density at radius 2 is 1.88 bits per heavy atom. The number of thiocarbonyl (C=S) groups is 1. The number of nitrogens with one attached hydrogen (secondary N) is 3. The maximum absolute atomic E-state index is 12.7. The molecular formula is C19H19N5O5S3. The molecule has 0 saturated carbocycles. The molecule has 0 aliphatic rings. The Kier molecular flexibility index (Phi) is 7.56. The van der Waals surface area contributed by atoms with Gasteiger partial charge in [-0.15, -0.1) is 11.3 Å². The zero-order chi connectivity index (χ0) is 23.1. The second-order valence-corrected chi connectivity index (χ2v) is 9.29. The molecule has 13 heteroatoms. The van der Waals surface area contributed by atoms with Gasteiger partial charge in [-0.25, -0.2) is 8.42 Å². The van der Waals surface area contributed by atoms with E-state index < -0.39 is 10.0 Å². The number of amides is 1. The third-order valence-corrected chi connectivity index (χ3v) is 6.35. The molecular weight excluding hydrogens is 474 g/mol. The molecule has 32 heavy (non-hydrogen) atoms. The van der Waals surface area contributed by atoms with Gasteiger partial charge in [0.05, 0.1) is 25.5 Å². The molecule has 0 aliphatic carbocycles. The van der Waals surface area contributed by atoms with Crippen molar-refractivity contribution in [2.75, 3.05) is 24.3 Å². The van der Waals surface area contributed by atoms with Crippen LogP contribution in [0.25, 0.3) is 0 Å². The molecule has 0 spiro atoms. The molecule has 168 valence electrons. The second-order valence-electron chi connectivity index (χ2n) is 6.17. The van der Waals surface area contributed by atoms with Crippen LogP contribution in [0.15, 0.2) is 52.7 Å². The first kappa shape index (κ1) is 23.4. The molecule has 1 amide bonds. The number of benzene rings is 1. The molecule has 3 aromatic rings. The summed E-state index contributed by atoms with van der Waals surface area (Å²) in [5.41, 5.74) is 0.510. The van der Waals surface area contributed by atoms with Gasteiger partial charge in [0, 0.05) is 16.6 Å². The van der Waals surface area contributed by atoms with Gasteiger partial charge in [0.25, 0.3) is 10.0 Å². The molecule has 0 aliphatic heterocycles. The van der Waals surface area contributed by atoms with Crippen LogP contribution >= 0.6 is 23.6 Å². The molecule has 0 radical (unpaired) electrons. The third kappa shape index (κ3) is 6.35. The van der Waals surface area contributed by atoms with Gasteiger partial charge in [-0.05, 0) is 47.9 Å². The Labute approximate surface area is 194 Å². The highest BCUT2D eigenvalue weighted by molar-refractivity contribution is 7.92. The Bertz CT molecular complexity index is 1180. The van der Waals surface area contributed by atoms with Crippen molar-refractivity contribution >= 4 is 56.1 Å². The van der Waals surface area contributed by atoms with E-state index in [0.717, 1.165) is 4.88 Å². The van der Waals surface area contributed by atoms with Crippen molar-refractivity contribution in [2.45, 2.75) is 11.3 Å². The molecule has 3 N–H and O–H groups in total. The van der Waals surface area contributed by atoms with Crippen LogP contribution in [0.3, 0.4) is 0 Å². The van der Waals surface area contributed by atoms with Crippen molar-refractivity contribution in [1.82, 2.24) is 15.3 Å². The Hall–Kier alpha value is -3.29. The number of sulfonamides is 1. The molecule has 2 aromatic heterocycles. The van der Waals surface area contributed by atoms with E-state index in [4.69, 9.17) is 21.7 Å². The first-order valence-corrected chi connectivity index (χ1v) is 11.8. The fourth-order valence-electron chi connectivity index (χ4n) is 2.47. The summed E-state index contributed by atoms with van der Waals surface area (Å²) in [5.74, 6) is -0.113. The zero-order valence-corrected chi connectivity index (χ0v) is 19.4. The van der Waals surface area contributed by atoms with Gasteiger partial charge in [-0.2, -0.15) is 9.97 Å². The summed E-state index contributed by atoms with van der Waals surface area (Å²) < 4.78 is 37.7. The van der Waals surface area contributed by atoms with Crippen molar-refractivity contribution in [2.24, 2.45) is 0 Å². The summed E-state index contributed by atoms with van der Waals surface area (Å²) in [6.45, 7) is 0. The largest absolute Gasteiger partial charge is 0.481 e. The van der Waals surface area contributed by atoms with Crippen LogP contribution in [0, 0.1) is 0 Å². The van der Waals surface area contributed by atoms with Crippen LogP contribution in [-0.2, 0) is 21.2 Å². The molecule has 0 fully saturated rings. The molecule has 0 saturated heterocycles. The number of hydrogen-bond acceptors (Lipinski definition) is 9. The van der Waals surface area contributed by atoms with Gasteiger partial charge in [-0.1, -0.05) is 6.07 Å². The van der Waals surface area contributed by atoms with Gasteiger partial charge in [0.2, 0.25) is 11.8 Å². The van der Waals surface area contributed by atoms with E-state index in [-0.39, 0.29) is 40.0 Å². The summed E-state index contributed by atoms with van der Waals surface area (Å²) in [4.78, 5) is 20.8. The number of aromatic nitrogens is 2. The van der Waals surface area contributed by atoms with E-state index in [9.17, 15) is 13.2 Å². The average molecular weight is 494 g/mol. The van der Waals surface area contributed by atoms with Crippen molar-refractivity contribution < 1.29 is 22.7 Å². The Morgan fingerprint density at radius 1 is 1.12 bits per heavy atom. The minimum absolute atomic E-state index is 0.00718. The van der Waals surface area contributed by atoms with Gasteiger partial charge >= 0.3 is 6.01 Å². The maximum Gasteiger partial charge on any atom is 0.321 e. The number of carbonyl (C=O) groups is 1. The fraction of sp³-hybridized carbons (Fsp3) is 0.158. The molecule has 0 atom stereocenters. The van der Waals surface area contributed by atoms with Crippen LogP contribution in [0.1, 0.15) is 4.88 Å². The smallest absolute Gasteiger partial charge is 0.321 e. The van der Waals surface area contributed by atoms with Gasteiger partial charge < -0.3 is 20.1 Å². The summed E-state index contributed by atoms with van der Waals surface area (Å²) in [6, 6.07) is 10.8. The summed E-state index contributed by atoms with van der Waals surface area (Å²) in [7, 11) is -1.19. The maximum atomic E-state index is 12.7. The predicted octanol–water partition coefficient (Wildman–Crippen LogP) is 2.41. The van der Waals surface area contributed by atoms with Crippen LogP contribution in [0.4, 0.5) is 11.5 Å². The molecule has 1 aromatic carbocycles. The standard InChI is InChI=1S/C19H19N5O5S3/c1-28-17-11-15(21-18(23-17)29-2)24-32(26,27)14-7-5-12(6-8-14)20-19(30)22-16(25)10-13-4-3-9-31-13/h3-9,11H,10H2,1-2H3,(H,21,23,24)(H2,20,22,25,30). The number of ether oxygens (including phenoxy) is 2. The number of carbonyl (C=O) groups excluding carboxylic acids is 1. The number of methoxy groups -OCH3 is 2. The van der Waals surface area contributed by atoms with Gasteiger partial charge in [0.1, 0.15) is 0 Å². The topological polar surface area (TPSA) is 132 Å². The van der Waals surface area contributed by atoms with E-state index in [1.807, 2.05) is 17.5 Å². The zero-order valence-electron chi connectivity index (χ0n) is 17.0. The first-order valence-electron chi connectivity index (χ1n) is 9.02. The number of thiophene rings is 1. The number of hydrogen-bond donors (Lipinski definition) is 3. The normalized spacial score (nSPS) is 10.8. The highest BCUT2D eigenvalue weighted by Gasteiger charge is 2.17. The van der Waals surface area contributed by atoms with Crippen LogP contribution in [-0.4, -0.2) is 43.6 Å². The van der Waals surface area contributed by atoms with Crippen LogP contribution in [0.5, 0.6) is 11.9 Å². The number of anilines is 2. The third-order valence-electron chi connectivity index (χ3n) is 3.90. The van der Waals surface area contributed by atoms with Gasteiger partial charge in [0.15, 0.2) is 10.9 Å². The fourth-order valence-corrected chi connectivity index (χ4v) is 4.40. The first-order chi connectivity index (χ1) is 15.3. The van der Waals surface area contributed by atoms with Crippen LogP contribution < -0.4 is 24.8 Å². The Balaban J connectivity index is 1.63. The van der Waals surface area contributed by atoms with Crippen molar-refractivity contribution in [3.63, 3.8) is 0 Å². The number of nitrogens with zero attached hydrogens (tertiary/aromatic N) is 2. The average Bonchev–Trinajstić information content (AvgIpc) is 3.26. The molecule has 3 rings (SSSR count). The molecule has 2 heterocycles. The van der Waals surface area contributed by atoms with Crippen molar-refractivity contribution in [1.29, 1.82) is 0 Å². The van der Waals surface area contributed by atoms with Crippen molar-refractivity contribution in [3.8, 4) is 11.9 Å². The number of rotatable bonds is 8. The molecule has 10 nitrogen and oxygen atoms in total. The summed E-state index contributed by atoms with van der Waals surface area (Å²) in [6.07, 6.45) is 0.223. The van der Waals surface area contributed by atoms with Crippen LogP contribution in [0.2, 0.25) is 0 Å². The van der Waals surface area contributed by atoms with E-state index in [0.29, 0.717) is 5.69 Å². The highest BCUT2D eigenvalue weighted by atomic mass is 32.2. The highest BCUT2D eigenvalue weighted by Crippen LogP contribution is 2.21. The quantitative estimate of drug-likeness (QED) is 0.405.